The highest BCUT2D eigenvalue weighted by atomic mass is 15.1. The lowest BCUT2D eigenvalue weighted by atomic mass is 10.1. The standard InChI is InChI=1S/C19H17N11/c20-16-25-14(26-17(21)29-16)11-3-1-10(2-4-11)9-24-13-7-5-12(6-8-13)15-27-18(22)30-19(23)28-15/h1-9H,(H4,20,21,25,26,29)(H4,22,23,27,28,30). The van der Waals surface area contributed by atoms with Crippen LogP contribution in [-0.2, 0) is 0 Å². The molecule has 2 heterocycles. The van der Waals surface area contributed by atoms with Crippen LogP contribution in [0.15, 0.2) is 53.5 Å². The van der Waals surface area contributed by atoms with E-state index in [4.69, 9.17) is 22.9 Å². The van der Waals surface area contributed by atoms with Gasteiger partial charge in [0, 0.05) is 17.3 Å². The number of aromatic nitrogens is 6. The van der Waals surface area contributed by atoms with Gasteiger partial charge in [0.25, 0.3) is 0 Å². The van der Waals surface area contributed by atoms with Gasteiger partial charge in [-0.15, -0.1) is 0 Å². The maximum absolute atomic E-state index is 5.61. The Bertz CT molecular complexity index is 1080. The summed E-state index contributed by atoms with van der Waals surface area (Å²) in [4.78, 5) is 28.3. The lowest BCUT2D eigenvalue weighted by Gasteiger charge is -2.03. The molecular weight excluding hydrogens is 382 g/mol. The zero-order valence-corrected chi connectivity index (χ0v) is 15.6. The Morgan fingerprint density at radius 1 is 0.533 bits per heavy atom. The maximum atomic E-state index is 5.61. The predicted octanol–water partition coefficient (Wildman–Crippen LogP) is 1.47. The largest absolute Gasteiger partial charge is 0.368 e. The molecule has 0 fully saturated rings. The van der Waals surface area contributed by atoms with E-state index >= 15 is 0 Å². The first-order valence-electron chi connectivity index (χ1n) is 8.75. The summed E-state index contributed by atoms with van der Waals surface area (Å²) in [6.07, 6.45) is 1.74. The molecule has 4 aromatic rings. The SMILES string of the molecule is Nc1nc(N)nc(-c2ccc(C=Nc3ccc(-c4nc(N)nc(N)n4)cc3)cc2)n1. The fourth-order valence-electron chi connectivity index (χ4n) is 2.64. The number of anilines is 4. The minimum absolute atomic E-state index is 0.0746. The second-order valence-electron chi connectivity index (χ2n) is 6.18. The average Bonchev–Trinajstić information content (AvgIpc) is 2.71. The molecule has 0 saturated heterocycles. The first-order chi connectivity index (χ1) is 14.5. The number of aliphatic imine (C=N–C) groups is 1. The summed E-state index contributed by atoms with van der Waals surface area (Å²) in [6, 6.07) is 14.8. The second kappa shape index (κ2) is 7.75. The summed E-state index contributed by atoms with van der Waals surface area (Å²) >= 11 is 0. The summed E-state index contributed by atoms with van der Waals surface area (Å²) in [5.74, 6) is 1.13. The summed E-state index contributed by atoms with van der Waals surface area (Å²) in [5, 5.41) is 0. The van der Waals surface area contributed by atoms with E-state index in [2.05, 4.69) is 34.9 Å². The van der Waals surface area contributed by atoms with E-state index in [9.17, 15) is 0 Å². The fourth-order valence-corrected chi connectivity index (χ4v) is 2.64. The van der Waals surface area contributed by atoms with Gasteiger partial charge in [-0.3, -0.25) is 4.99 Å². The summed E-state index contributed by atoms with van der Waals surface area (Å²) < 4.78 is 0. The van der Waals surface area contributed by atoms with Gasteiger partial charge >= 0.3 is 0 Å². The van der Waals surface area contributed by atoms with Crippen LogP contribution in [0.2, 0.25) is 0 Å². The first-order valence-corrected chi connectivity index (χ1v) is 8.75. The van der Waals surface area contributed by atoms with Crippen molar-refractivity contribution in [2.45, 2.75) is 0 Å². The maximum Gasteiger partial charge on any atom is 0.225 e. The molecule has 4 rings (SSSR count). The molecule has 0 spiro atoms. The van der Waals surface area contributed by atoms with Crippen LogP contribution in [0.1, 0.15) is 5.56 Å². The highest BCUT2D eigenvalue weighted by molar-refractivity contribution is 5.83. The lowest BCUT2D eigenvalue weighted by Crippen LogP contribution is -2.04. The van der Waals surface area contributed by atoms with Gasteiger partial charge in [-0.1, -0.05) is 24.3 Å². The molecule has 11 heteroatoms. The summed E-state index contributed by atoms with van der Waals surface area (Å²) in [6.45, 7) is 0. The monoisotopic (exact) mass is 399 g/mol. The molecule has 0 bridgehead atoms. The highest BCUT2D eigenvalue weighted by Crippen LogP contribution is 2.21. The molecule has 0 aliphatic rings. The van der Waals surface area contributed by atoms with Crippen LogP contribution in [0.4, 0.5) is 29.5 Å². The number of nitrogens with two attached hydrogens (primary N) is 4. The molecule has 2 aromatic heterocycles. The molecule has 0 aliphatic heterocycles. The van der Waals surface area contributed by atoms with Gasteiger partial charge in [0.05, 0.1) is 5.69 Å². The molecule has 11 nitrogen and oxygen atoms in total. The topological polar surface area (TPSA) is 194 Å². The molecule has 8 N–H and O–H groups in total. The van der Waals surface area contributed by atoms with E-state index < -0.39 is 0 Å². The first kappa shape index (κ1) is 18.7. The van der Waals surface area contributed by atoms with Crippen LogP contribution in [0.5, 0.6) is 0 Å². The number of hydrogen-bond acceptors (Lipinski definition) is 11. The third-order valence-electron chi connectivity index (χ3n) is 4.00. The number of hydrogen-bond donors (Lipinski definition) is 4. The fraction of sp³-hybridized carbons (Fsp3) is 0. The van der Waals surface area contributed by atoms with Crippen LogP contribution in [0.3, 0.4) is 0 Å². The Morgan fingerprint density at radius 2 is 0.933 bits per heavy atom. The zero-order valence-electron chi connectivity index (χ0n) is 15.6. The van der Waals surface area contributed by atoms with E-state index in [1.54, 1.807) is 6.21 Å². The van der Waals surface area contributed by atoms with Crippen molar-refractivity contribution in [1.82, 2.24) is 29.9 Å². The van der Waals surface area contributed by atoms with Gasteiger partial charge in [0.15, 0.2) is 11.6 Å². The molecule has 2 aromatic carbocycles. The highest BCUT2D eigenvalue weighted by Gasteiger charge is 2.06. The van der Waals surface area contributed by atoms with Crippen molar-refractivity contribution in [3.8, 4) is 22.8 Å². The van der Waals surface area contributed by atoms with Gasteiger partial charge < -0.3 is 22.9 Å². The predicted molar refractivity (Wildman–Crippen MR) is 115 cm³/mol. The smallest absolute Gasteiger partial charge is 0.225 e. The van der Waals surface area contributed by atoms with Crippen molar-refractivity contribution in [1.29, 1.82) is 0 Å². The van der Waals surface area contributed by atoms with Crippen LogP contribution >= 0.6 is 0 Å². The Balaban J connectivity index is 1.49. The number of rotatable bonds is 4. The molecule has 0 radical (unpaired) electrons. The lowest BCUT2D eigenvalue weighted by molar-refractivity contribution is 1.09. The van der Waals surface area contributed by atoms with Crippen LogP contribution in [0.25, 0.3) is 22.8 Å². The van der Waals surface area contributed by atoms with Crippen molar-refractivity contribution in [2.24, 2.45) is 4.99 Å². The Hall–Kier alpha value is -4.67. The second-order valence-corrected chi connectivity index (χ2v) is 6.18. The Morgan fingerprint density at radius 3 is 1.37 bits per heavy atom. The third-order valence-corrected chi connectivity index (χ3v) is 4.00. The molecule has 30 heavy (non-hydrogen) atoms. The van der Waals surface area contributed by atoms with Crippen molar-refractivity contribution in [3.63, 3.8) is 0 Å². The van der Waals surface area contributed by atoms with Gasteiger partial charge in [-0.2, -0.15) is 29.9 Å². The van der Waals surface area contributed by atoms with Crippen molar-refractivity contribution in [2.75, 3.05) is 22.9 Å². The number of benzene rings is 2. The molecule has 0 atom stereocenters. The van der Waals surface area contributed by atoms with Gasteiger partial charge in [0.1, 0.15) is 0 Å². The quantitative estimate of drug-likeness (QED) is 0.365. The van der Waals surface area contributed by atoms with E-state index in [-0.39, 0.29) is 23.8 Å². The van der Waals surface area contributed by atoms with Crippen LogP contribution in [-0.4, -0.2) is 36.1 Å². The molecule has 0 aliphatic carbocycles. The number of nitrogens with zero attached hydrogens (tertiary/aromatic N) is 7. The van der Waals surface area contributed by atoms with E-state index in [0.717, 1.165) is 22.4 Å². The minimum atomic E-state index is 0.0746. The van der Waals surface area contributed by atoms with E-state index in [0.29, 0.717) is 11.6 Å². The molecule has 148 valence electrons. The van der Waals surface area contributed by atoms with Crippen LogP contribution in [0, 0.1) is 0 Å². The molecule has 0 amide bonds. The molecule has 0 saturated carbocycles. The van der Waals surface area contributed by atoms with Gasteiger partial charge in [-0.05, 0) is 29.8 Å². The molecular formula is C19H17N11. The Labute approximate surface area is 171 Å². The Kier molecular flexibility index (Phi) is 4.83. The van der Waals surface area contributed by atoms with Gasteiger partial charge in [0.2, 0.25) is 23.8 Å². The summed E-state index contributed by atoms with van der Waals surface area (Å²) in [5.41, 5.74) is 25.6. The van der Waals surface area contributed by atoms with Crippen molar-refractivity contribution in [3.05, 3.63) is 54.1 Å². The zero-order chi connectivity index (χ0) is 21.1. The molecule has 0 unspecified atom stereocenters. The van der Waals surface area contributed by atoms with E-state index in [1.807, 2.05) is 48.5 Å². The third kappa shape index (κ3) is 4.25. The summed E-state index contributed by atoms with van der Waals surface area (Å²) in [7, 11) is 0. The number of nitrogen functional groups attached to an aromatic ring is 4. The average molecular weight is 399 g/mol. The van der Waals surface area contributed by atoms with E-state index in [1.165, 1.54) is 0 Å². The van der Waals surface area contributed by atoms with Crippen molar-refractivity contribution < 1.29 is 0 Å². The van der Waals surface area contributed by atoms with Gasteiger partial charge in [-0.25, -0.2) is 0 Å². The van der Waals surface area contributed by atoms with Crippen molar-refractivity contribution >= 4 is 35.7 Å². The normalized spacial score (nSPS) is 11.1. The minimum Gasteiger partial charge on any atom is -0.368 e. The van der Waals surface area contributed by atoms with Crippen LogP contribution < -0.4 is 22.9 Å².